The first-order chi connectivity index (χ1) is 19.7. The van der Waals surface area contributed by atoms with Crippen molar-refractivity contribution in [1.82, 2.24) is 35.1 Å². The topological polar surface area (TPSA) is 134 Å². The maximum absolute atomic E-state index is 14.3. The predicted octanol–water partition coefficient (Wildman–Crippen LogP) is 6.15. The summed E-state index contributed by atoms with van der Waals surface area (Å²) < 4.78 is 19.5. The summed E-state index contributed by atoms with van der Waals surface area (Å²) in [6.45, 7) is 6.04. The molecule has 10 nitrogen and oxygen atoms in total. The lowest BCUT2D eigenvalue weighted by molar-refractivity contribution is -0.117. The van der Waals surface area contributed by atoms with E-state index in [9.17, 15) is 9.18 Å². The third-order valence-electron chi connectivity index (χ3n) is 6.45. The number of benzene rings is 1. The molecule has 0 unspecified atom stereocenters. The first-order valence-electron chi connectivity index (χ1n) is 13.0. The molecule has 3 N–H and O–H groups in total. The molecule has 5 heterocycles. The van der Waals surface area contributed by atoms with Crippen molar-refractivity contribution in [2.24, 2.45) is 5.41 Å². The molecule has 0 saturated carbocycles. The van der Waals surface area contributed by atoms with Gasteiger partial charge in [-0.15, -0.1) is 0 Å². The van der Waals surface area contributed by atoms with Gasteiger partial charge in [0.15, 0.2) is 11.5 Å². The Bertz CT molecular complexity index is 1920. The zero-order valence-corrected chi connectivity index (χ0v) is 22.9. The van der Waals surface area contributed by atoms with E-state index in [0.29, 0.717) is 62.7 Å². The van der Waals surface area contributed by atoms with Gasteiger partial charge in [0.1, 0.15) is 17.1 Å². The molecule has 0 saturated heterocycles. The van der Waals surface area contributed by atoms with E-state index in [1.807, 2.05) is 39.0 Å². The van der Waals surface area contributed by atoms with E-state index in [-0.39, 0.29) is 11.3 Å². The zero-order valence-electron chi connectivity index (χ0n) is 22.9. The molecule has 0 atom stereocenters. The third-order valence-corrected chi connectivity index (χ3v) is 6.45. The van der Waals surface area contributed by atoms with Crippen molar-refractivity contribution >= 4 is 33.7 Å². The standard InChI is InChI=1S/C30H27FN8O2/c1-30(2,3)11-25(40)34-19-8-17(12-32-13-19)22-5-6-23-27(35-22)28(39-38-23)29-36-24-15-33-14-21(26(24)37-29)16-7-18(31)10-20(9-16)41-4/h5-10,12-15H,11H2,1-4H3,(H,34,40)(H,36,37)(H,38,39). The number of aromatic amines is 2. The highest BCUT2D eigenvalue weighted by molar-refractivity contribution is 5.96. The summed E-state index contributed by atoms with van der Waals surface area (Å²) in [6.07, 6.45) is 6.99. The molecule has 0 aliphatic rings. The van der Waals surface area contributed by atoms with Gasteiger partial charge in [-0.05, 0) is 41.3 Å². The van der Waals surface area contributed by atoms with Gasteiger partial charge >= 0.3 is 0 Å². The van der Waals surface area contributed by atoms with E-state index in [0.717, 1.165) is 11.1 Å². The van der Waals surface area contributed by atoms with Crippen LogP contribution in [-0.2, 0) is 4.79 Å². The first kappa shape index (κ1) is 26.1. The van der Waals surface area contributed by atoms with Gasteiger partial charge in [0.2, 0.25) is 5.91 Å². The Balaban J connectivity index is 1.37. The van der Waals surface area contributed by atoms with Gasteiger partial charge < -0.3 is 15.0 Å². The second kappa shape index (κ2) is 10.1. The van der Waals surface area contributed by atoms with Crippen LogP contribution in [0.5, 0.6) is 5.75 Å². The van der Waals surface area contributed by atoms with E-state index < -0.39 is 5.82 Å². The Labute approximate surface area is 234 Å². The van der Waals surface area contributed by atoms with E-state index in [4.69, 9.17) is 14.7 Å². The van der Waals surface area contributed by atoms with Gasteiger partial charge in [0, 0.05) is 36.0 Å². The molecule has 6 rings (SSSR count). The number of hydrogen-bond donors (Lipinski definition) is 3. The molecule has 0 bridgehead atoms. The average molecular weight is 551 g/mol. The molecular weight excluding hydrogens is 523 g/mol. The van der Waals surface area contributed by atoms with Gasteiger partial charge in [-0.3, -0.25) is 19.9 Å². The van der Waals surface area contributed by atoms with Crippen molar-refractivity contribution in [1.29, 1.82) is 0 Å². The molecule has 11 heteroatoms. The fourth-order valence-corrected chi connectivity index (χ4v) is 4.65. The van der Waals surface area contributed by atoms with Crippen molar-refractivity contribution in [3.05, 3.63) is 67.0 Å². The second-order valence-corrected chi connectivity index (χ2v) is 11.0. The lowest BCUT2D eigenvalue weighted by atomic mass is 9.92. The Hall–Kier alpha value is -5.19. The van der Waals surface area contributed by atoms with Gasteiger partial charge in [-0.25, -0.2) is 14.4 Å². The van der Waals surface area contributed by atoms with Crippen molar-refractivity contribution in [2.45, 2.75) is 27.2 Å². The minimum absolute atomic E-state index is 0.0765. The predicted molar refractivity (Wildman–Crippen MR) is 155 cm³/mol. The average Bonchev–Trinajstić information content (AvgIpc) is 3.55. The maximum atomic E-state index is 14.3. The molecule has 0 radical (unpaired) electrons. The Morgan fingerprint density at radius 1 is 0.951 bits per heavy atom. The largest absolute Gasteiger partial charge is 0.497 e. The van der Waals surface area contributed by atoms with Crippen LogP contribution >= 0.6 is 0 Å². The van der Waals surface area contributed by atoms with Crippen molar-refractivity contribution < 1.29 is 13.9 Å². The molecule has 5 aromatic heterocycles. The van der Waals surface area contributed by atoms with Gasteiger partial charge in [0.05, 0.1) is 47.4 Å². The molecule has 41 heavy (non-hydrogen) atoms. The van der Waals surface area contributed by atoms with Gasteiger partial charge in [-0.1, -0.05) is 20.8 Å². The quantitative estimate of drug-likeness (QED) is 0.226. The Morgan fingerprint density at radius 3 is 2.59 bits per heavy atom. The summed E-state index contributed by atoms with van der Waals surface area (Å²) in [5, 5.41) is 10.4. The van der Waals surface area contributed by atoms with Crippen molar-refractivity contribution in [3.63, 3.8) is 0 Å². The van der Waals surface area contributed by atoms with Crippen LogP contribution in [0.3, 0.4) is 0 Å². The van der Waals surface area contributed by atoms with Crippen LogP contribution in [0.15, 0.2) is 61.2 Å². The number of amides is 1. The van der Waals surface area contributed by atoms with E-state index >= 15 is 0 Å². The van der Waals surface area contributed by atoms with Crippen LogP contribution in [0.25, 0.3) is 56.0 Å². The number of carbonyl (C=O) groups is 1. The maximum Gasteiger partial charge on any atom is 0.224 e. The second-order valence-electron chi connectivity index (χ2n) is 11.0. The summed E-state index contributed by atoms with van der Waals surface area (Å²) in [7, 11) is 1.49. The number of nitrogens with zero attached hydrogens (tertiary/aromatic N) is 5. The SMILES string of the molecule is COc1cc(F)cc(-c2cncc3[nH]c(-c4n[nH]c5ccc(-c6cncc(NC(=O)CC(C)(C)C)c6)nc45)nc23)c1. The molecule has 0 spiro atoms. The minimum Gasteiger partial charge on any atom is -0.497 e. The number of fused-ring (bicyclic) bond motifs is 2. The van der Waals surface area contributed by atoms with Crippen LogP contribution in [0, 0.1) is 11.2 Å². The zero-order chi connectivity index (χ0) is 28.7. The third kappa shape index (κ3) is 5.33. The van der Waals surface area contributed by atoms with Crippen LogP contribution in [0.1, 0.15) is 27.2 Å². The first-order valence-corrected chi connectivity index (χ1v) is 13.0. The number of carbonyl (C=O) groups excluding carboxylic acids is 1. The van der Waals surface area contributed by atoms with Crippen LogP contribution < -0.4 is 10.1 Å². The van der Waals surface area contributed by atoms with Gasteiger partial charge in [0.25, 0.3) is 0 Å². The van der Waals surface area contributed by atoms with Crippen LogP contribution in [0.2, 0.25) is 0 Å². The smallest absolute Gasteiger partial charge is 0.224 e. The molecule has 0 fully saturated rings. The number of hydrogen-bond acceptors (Lipinski definition) is 7. The number of methoxy groups -OCH3 is 1. The lowest BCUT2D eigenvalue weighted by Gasteiger charge is -2.17. The number of rotatable bonds is 6. The number of halogens is 1. The number of ether oxygens (including phenoxy) is 1. The van der Waals surface area contributed by atoms with E-state index in [1.54, 1.807) is 30.9 Å². The highest BCUT2D eigenvalue weighted by Gasteiger charge is 2.19. The van der Waals surface area contributed by atoms with E-state index in [1.165, 1.54) is 19.2 Å². The molecule has 1 amide bonds. The fourth-order valence-electron chi connectivity index (χ4n) is 4.65. The number of anilines is 1. The van der Waals surface area contributed by atoms with Crippen LogP contribution in [0.4, 0.5) is 10.1 Å². The minimum atomic E-state index is -0.422. The Kier molecular flexibility index (Phi) is 6.41. The number of pyridine rings is 3. The summed E-state index contributed by atoms with van der Waals surface area (Å²) in [4.78, 5) is 34.0. The molecular formula is C30H27FN8O2. The summed E-state index contributed by atoms with van der Waals surface area (Å²) in [5.41, 5.74) is 6.21. The highest BCUT2D eigenvalue weighted by atomic mass is 19.1. The molecule has 0 aliphatic carbocycles. The molecule has 1 aromatic carbocycles. The monoisotopic (exact) mass is 550 g/mol. The van der Waals surface area contributed by atoms with Crippen LogP contribution in [-0.4, -0.2) is 48.1 Å². The Morgan fingerprint density at radius 2 is 1.78 bits per heavy atom. The van der Waals surface area contributed by atoms with E-state index in [2.05, 4.69) is 30.5 Å². The molecule has 206 valence electrons. The van der Waals surface area contributed by atoms with Crippen molar-refractivity contribution in [3.8, 4) is 39.7 Å². The normalized spacial score (nSPS) is 11.7. The number of imidazole rings is 1. The summed E-state index contributed by atoms with van der Waals surface area (Å²) in [5.74, 6) is 0.381. The fraction of sp³-hybridized carbons (Fsp3) is 0.200. The van der Waals surface area contributed by atoms with Crippen molar-refractivity contribution in [2.75, 3.05) is 12.4 Å². The van der Waals surface area contributed by atoms with Gasteiger partial charge in [-0.2, -0.15) is 5.10 Å². The summed E-state index contributed by atoms with van der Waals surface area (Å²) >= 11 is 0. The summed E-state index contributed by atoms with van der Waals surface area (Å²) in [6, 6.07) is 10.1. The number of nitrogens with one attached hydrogen (secondary N) is 3. The molecule has 6 aromatic rings. The lowest BCUT2D eigenvalue weighted by Crippen LogP contribution is -2.19. The number of aromatic nitrogens is 7. The highest BCUT2D eigenvalue weighted by Crippen LogP contribution is 2.33. The molecule has 0 aliphatic heterocycles. The number of H-pyrrole nitrogens is 2.